The van der Waals surface area contributed by atoms with Gasteiger partial charge in [-0.15, -0.1) is 0 Å². The van der Waals surface area contributed by atoms with Crippen LogP contribution in [-0.2, 0) is 4.79 Å². The van der Waals surface area contributed by atoms with Gasteiger partial charge in [0.2, 0.25) is 5.91 Å². The SMILES string of the molecule is CCCC(N)C(=O)NCC(O)c1ccc(C)cc1. The lowest BCUT2D eigenvalue weighted by atomic mass is 10.1. The van der Waals surface area contributed by atoms with Gasteiger partial charge in [0.25, 0.3) is 0 Å². The first-order valence-electron chi connectivity index (χ1n) is 6.32. The molecule has 2 unspecified atom stereocenters. The standard InChI is InChI=1S/C14H22N2O2/c1-3-4-12(15)14(18)16-9-13(17)11-7-5-10(2)6-8-11/h5-8,12-13,17H,3-4,9,15H2,1-2H3,(H,16,18). The van der Waals surface area contributed by atoms with Gasteiger partial charge in [-0.2, -0.15) is 0 Å². The highest BCUT2D eigenvalue weighted by Crippen LogP contribution is 2.12. The number of amides is 1. The Morgan fingerprint density at radius 2 is 2.00 bits per heavy atom. The number of aryl methyl sites for hydroxylation is 1. The van der Waals surface area contributed by atoms with Crippen LogP contribution in [0.1, 0.15) is 37.0 Å². The molecule has 1 amide bonds. The zero-order valence-electron chi connectivity index (χ0n) is 11.0. The molecular formula is C14H22N2O2. The number of nitrogens with two attached hydrogens (primary N) is 1. The van der Waals surface area contributed by atoms with E-state index in [1.165, 1.54) is 0 Å². The van der Waals surface area contributed by atoms with E-state index in [0.717, 1.165) is 17.5 Å². The van der Waals surface area contributed by atoms with Crippen molar-refractivity contribution in [3.63, 3.8) is 0 Å². The number of aliphatic hydroxyl groups is 1. The third kappa shape index (κ3) is 4.47. The lowest BCUT2D eigenvalue weighted by Crippen LogP contribution is -2.41. The molecule has 4 heteroatoms. The molecule has 2 atom stereocenters. The molecule has 0 bridgehead atoms. The first-order chi connectivity index (χ1) is 8.54. The number of rotatable bonds is 6. The first kappa shape index (κ1) is 14.7. The Balaban J connectivity index is 2.43. The molecule has 0 heterocycles. The molecule has 0 aliphatic carbocycles. The molecule has 100 valence electrons. The highest BCUT2D eigenvalue weighted by molar-refractivity contribution is 5.81. The Kier molecular flexibility index (Phi) is 5.82. The number of benzene rings is 1. The van der Waals surface area contributed by atoms with Gasteiger partial charge in [-0.3, -0.25) is 4.79 Å². The van der Waals surface area contributed by atoms with Crippen LogP contribution < -0.4 is 11.1 Å². The second kappa shape index (κ2) is 7.13. The normalized spacial score (nSPS) is 14.0. The van der Waals surface area contributed by atoms with E-state index >= 15 is 0 Å². The highest BCUT2D eigenvalue weighted by Gasteiger charge is 2.14. The molecule has 4 nitrogen and oxygen atoms in total. The number of nitrogens with one attached hydrogen (secondary N) is 1. The largest absolute Gasteiger partial charge is 0.387 e. The van der Waals surface area contributed by atoms with Crippen molar-refractivity contribution >= 4 is 5.91 Å². The van der Waals surface area contributed by atoms with Gasteiger partial charge in [0.1, 0.15) is 0 Å². The molecule has 1 aromatic carbocycles. The fraction of sp³-hybridized carbons (Fsp3) is 0.500. The predicted octanol–water partition coefficient (Wildman–Crippen LogP) is 1.27. The molecule has 0 spiro atoms. The Labute approximate surface area is 108 Å². The monoisotopic (exact) mass is 250 g/mol. The van der Waals surface area contributed by atoms with E-state index in [2.05, 4.69) is 5.32 Å². The molecule has 4 N–H and O–H groups in total. The summed E-state index contributed by atoms with van der Waals surface area (Å²) in [5.41, 5.74) is 7.61. The van der Waals surface area contributed by atoms with Gasteiger partial charge in [0.15, 0.2) is 0 Å². The van der Waals surface area contributed by atoms with Crippen molar-refractivity contribution in [3.05, 3.63) is 35.4 Å². The molecule has 0 aliphatic heterocycles. The van der Waals surface area contributed by atoms with E-state index in [1.807, 2.05) is 38.1 Å². The van der Waals surface area contributed by atoms with Gasteiger partial charge in [0, 0.05) is 6.54 Å². The summed E-state index contributed by atoms with van der Waals surface area (Å²) in [4.78, 5) is 11.6. The summed E-state index contributed by atoms with van der Waals surface area (Å²) in [6, 6.07) is 7.10. The van der Waals surface area contributed by atoms with Gasteiger partial charge in [-0.05, 0) is 18.9 Å². The van der Waals surface area contributed by atoms with Crippen LogP contribution in [0.3, 0.4) is 0 Å². The zero-order valence-corrected chi connectivity index (χ0v) is 11.0. The van der Waals surface area contributed by atoms with Crippen LogP contribution in [0.15, 0.2) is 24.3 Å². The quantitative estimate of drug-likeness (QED) is 0.711. The maximum Gasteiger partial charge on any atom is 0.237 e. The van der Waals surface area contributed by atoms with Crippen molar-refractivity contribution in [2.75, 3.05) is 6.54 Å². The molecule has 1 aromatic rings. The van der Waals surface area contributed by atoms with Crippen LogP contribution in [-0.4, -0.2) is 23.6 Å². The summed E-state index contributed by atoms with van der Waals surface area (Å²) in [6.07, 6.45) is 0.838. The fourth-order valence-corrected chi connectivity index (χ4v) is 1.68. The van der Waals surface area contributed by atoms with E-state index in [9.17, 15) is 9.90 Å². The maximum atomic E-state index is 11.6. The Hall–Kier alpha value is -1.39. The molecule has 0 fully saturated rings. The van der Waals surface area contributed by atoms with Crippen LogP contribution in [0.5, 0.6) is 0 Å². The van der Waals surface area contributed by atoms with Gasteiger partial charge >= 0.3 is 0 Å². The number of hydrogen-bond acceptors (Lipinski definition) is 3. The van der Waals surface area contributed by atoms with Crippen LogP contribution in [0.2, 0.25) is 0 Å². The van der Waals surface area contributed by atoms with Crippen LogP contribution in [0, 0.1) is 6.92 Å². The summed E-state index contributed by atoms with van der Waals surface area (Å²) in [5, 5.41) is 12.6. The minimum atomic E-state index is -0.691. The molecule has 0 saturated carbocycles. The van der Waals surface area contributed by atoms with E-state index in [1.54, 1.807) is 0 Å². The summed E-state index contributed by atoms with van der Waals surface area (Å²) >= 11 is 0. The van der Waals surface area contributed by atoms with E-state index < -0.39 is 12.1 Å². The maximum absolute atomic E-state index is 11.6. The van der Waals surface area contributed by atoms with E-state index in [0.29, 0.717) is 6.42 Å². The highest BCUT2D eigenvalue weighted by atomic mass is 16.3. The lowest BCUT2D eigenvalue weighted by Gasteiger charge is -2.15. The van der Waals surface area contributed by atoms with Crippen molar-refractivity contribution in [3.8, 4) is 0 Å². The molecule has 0 aliphatic rings. The topological polar surface area (TPSA) is 75.4 Å². The Bertz CT molecular complexity index is 376. The second-order valence-corrected chi connectivity index (χ2v) is 4.57. The van der Waals surface area contributed by atoms with Gasteiger partial charge < -0.3 is 16.2 Å². The minimum Gasteiger partial charge on any atom is -0.387 e. The molecule has 0 radical (unpaired) electrons. The van der Waals surface area contributed by atoms with Crippen LogP contribution >= 0.6 is 0 Å². The van der Waals surface area contributed by atoms with Crippen molar-refractivity contribution in [2.24, 2.45) is 5.73 Å². The van der Waals surface area contributed by atoms with Gasteiger partial charge in [-0.1, -0.05) is 43.2 Å². The minimum absolute atomic E-state index is 0.194. The molecule has 1 rings (SSSR count). The van der Waals surface area contributed by atoms with Crippen molar-refractivity contribution < 1.29 is 9.90 Å². The van der Waals surface area contributed by atoms with Crippen molar-refractivity contribution in [1.29, 1.82) is 0 Å². The van der Waals surface area contributed by atoms with Crippen LogP contribution in [0.25, 0.3) is 0 Å². The molecular weight excluding hydrogens is 228 g/mol. The molecule has 0 saturated heterocycles. The second-order valence-electron chi connectivity index (χ2n) is 4.57. The Morgan fingerprint density at radius 3 is 2.56 bits per heavy atom. The van der Waals surface area contributed by atoms with Gasteiger partial charge in [-0.25, -0.2) is 0 Å². The number of carbonyl (C=O) groups excluding carboxylic acids is 1. The van der Waals surface area contributed by atoms with Crippen LogP contribution in [0.4, 0.5) is 0 Å². The third-order valence-corrected chi connectivity index (χ3v) is 2.87. The first-order valence-corrected chi connectivity index (χ1v) is 6.32. The summed E-state index contributed by atoms with van der Waals surface area (Å²) in [6.45, 7) is 4.16. The van der Waals surface area contributed by atoms with Crippen molar-refractivity contribution in [2.45, 2.75) is 38.8 Å². The number of aliphatic hydroxyl groups excluding tert-OH is 1. The fourth-order valence-electron chi connectivity index (χ4n) is 1.68. The van der Waals surface area contributed by atoms with Crippen molar-refractivity contribution in [1.82, 2.24) is 5.32 Å². The summed E-state index contributed by atoms with van der Waals surface area (Å²) in [7, 11) is 0. The number of hydrogen-bond donors (Lipinski definition) is 3. The Morgan fingerprint density at radius 1 is 1.39 bits per heavy atom. The smallest absolute Gasteiger partial charge is 0.237 e. The molecule has 0 aromatic heterocycles. The van der Waals surface area contributed by atoms with Gasteiger partial charge in [0.05, 0.1) is 12.1 Å². The summed E-state index contributed by atoms with van der Waals surface area (Å²) < 4.78 is 0. The zero-order chi connectivity index (χ0) is 13.5. The molecule has 18 heavy (non-hydrogen) atoms. The average Bonchev–Trinajstić information content (AvgIpc) is 2.36. The lowest BCUT2D eigenvalue weighted by molar-refractivity contribution is -0.123. The number of carbonyl (C=O) groups is 1. The van der Waals surface area contributed by atoms with E-state index in [4.69, 9.17) is 5.73 Å². The van der Waals surface area contributed by atoms with E-state index in [-0.39, 0.29) is 12.5 Å². The predicted molar refractivity (Wildman–Crippen MR) is 72.0 cm³/mol. The average molecular weight is 250 g/mol. The summed E-state index contributed by atoms with van der Waals surface area (Å²) in [5.74, 6) is -0.206. The third-order valence-electron chi connectivity index (χ3n) is 2.87.